The largest absolute Gasteiger partial charge is 0.491 e. The van der Waals surface area contributed by atoms with E-state index in [0.717, 1.165) is 10.5 Å². The van der Waals surface area contributed by atoms with Crippen molar-refractivity contribution in [2.75, 3.05) is 20.2 Å². The van der Waals surface area contributed by atoms with E-state index in [-0.39, 0.29) is 19.8 Å². The van der Waals surface area contributed by atoms with Gasteiger partial charge in [-0.2, -0.15) is 0 Å². The van der Waals surface area contributed by atoms with Gasteiger partial charge in [0.1, 0.15) is 36.6 Å². The molecule has 0 aliphatic heterocycles. The molecule has 0 bridgehead atoms. The van der Waals surface area contributed by atoms with Gasteiger partial charge in [0.05, 0.1) is 10.1 Å². The van der Waals surface area contributed by atoms with Gasteiger partial charge < -0.3 is 30.0 Å². The zero-order valence-electron chi connectivity index (χ0n) is 22.5. The Morgan fingerprint density at radius 3 is 2.33 bits per heavy atom. The lowest BCUT2D eigenvalue weighted by Gasteiger charge is -2.28. The fourth-order valence-electron chi connectivity index (χ4n) is 3.26. The van der Waals surface area contributed by atoms with E-state index >= 15 is 0 Å². The number of aliphatic carboxylic acids is 1. The van der Waals surface area contributed by atoms with Crippen molar-refractivity contribution in [2.24, 2.45) is 0 Å². The molecule has 212 valence electrons. The highest BCUT2D eigenvalue weighted by molar-refractivity contribution is 14.1. The standard InChI is InChI=1S/C27H34IN3O8/c1-17(24(33)34)30-23(32)22(31(5)26(36)38-16-18-9-7-6-8-10-18)19-11-12-21(20(28)15-19)37-14-13-29-25(35)39-27(2,3)4/h6-12,15,17,22H,13-14,16H2,1-5H3,(H,29,35)(H,30,32)(H,33,34)/t17-,22-/m0/s1. The first-order valence-corrected chi connectivity index (χ1v) is 13.2. The topological polar surface area (TPSA) is 144 Å². The van der Waals surface area contributed by atoms with Crippen LogP contribution in [0.25, 0.3) is 0 Å². The number of ether oxygens (including phenoxy) is 3. The van der Waals surface area contributed by atoms with E-state index in [1.54, 1.807) is 51.1 Å². The van der Waals surface area contributed by atoms with Gasteiger partial charge in [-0.25, -0.2) is 9.59 Å². The Hall–Kier alpha value is -3.55. The molecule has 39 heavy (non-hydrogen) atoms. The molecule has 11 nitrogen and oxygen atoms in total. The summed E-state index contributed by atoms with van der Waals surface area (Å²) in [5.74, 6) is -1.40. The summed E-state index contributed by atoms with van der Waals surface area (Å²) < 4.78 is 16.9. The van der Waals surface area contributed by atoms with Gasteiger partial charge in [-0.3, -0.25) is 14.5 Å². The zero-order valence-corrected chi connectivity index (χ0v) is 24.7. The van der Waals surface area contributed by atoms with Crippen molar-refractivity contribution in [3.8, 4) is 5.75 Å². The molecule has 0 aliphatic rings. The summed E-state index contributed by atoms with van der Waals surface area (Å²) in [6.45, 7) is 7.01. The number of benzene rings is 2. The SMILES string of the molecule is C[C@H](NC(=O)[C@H](c1ccc(OCCNC(=O)OC(C)(C)C)c(I)c1)N(C)C(=O)OCc1ccccc1)C(=O)O. The molecule has 2 aromatic rings. The van der Waals surface area contributed by atoms with Crippen LogP contribution in [0.1, 0.15) is 44.9 Å². The number of likely N-dealkylation sites (N-methyl/N-ethyl adjacent to an activating group) is 1. The van der Waals surface area contributed by atoms with Crippen LogP contribution in [0.2, 0.25) is 0 Å². The molecular weight excluding hydrogens is 621 g/mol. The minimum Gasteiger partial charge on any atom is -0.491 e. The number of carboxylic acids is 1. The van der Waals surface area contributed by atoms with Crippen molar-refractivity contribution in [1.29, 1.82) is 0 Å². The number of rotatable bonds is 11. The average Bonchev–Trinajstić information content (AvgIpc) is 2.85. The summed E-state index contributed by atoms with van der Waals surface area (Å²) in [6.07, 6.45) is -1.31. The van der Waals surface area contributed by atoms with Crippen molar-refractivity contribution >= 4 is 46.7 Å². The van der Waals surface area contributed by atoms with Crippen molar-refractivity contribution in [2.45, 2.75) is 52.0 Å². The maximum atomic E-state index is 13.1. The predicted molar refractivity (Wildman–Crippen MR) is 151 cm³/mol. The summed E-state index contributed by atoms with van der Waals surface area (Å²) in [4.78, 5) is 50.2. The maximum absolute atomic E-state index is 13.1. The lowest BCUT2D eigenvalue weighted by Crippen LogP contribution is -2.46. The minimum atomic E-state index is -1.21. The summed E-state index contributed by atoms with van der Waals surface area (Å²) >= 11 is 2.03. The van der Waals surface area contributed by atoms with E-state index in [0.29, 0.717) is 14.9 Å². The number of carbonyl (C=O) groups is 4. The van der Waals surface area contributed by atoms with Crippen LogP contribution in [0.5, 0.6) is 5.75 Å². The molecular formula is C27H34IN3O8. The predicted octanol–water partition coefficient (Wildman–Crippen LogP) is 4.09. The summed E-state index contributed by atoms with van der Waals surface area (Å²) in [5.41, 5.74) is 0.590. The molecule has 12 heteroatoms. The molecule has 0 heterocycles. The highest BCUT2D eigenvalue weighted by Gasteiger charge is 2.32. The molecule has 0 saturated heterocycles. The van der Waals surface area contributed by atoms with Gasteiger partial charge in [-0.1, -0.05) is 36.4 Å². The molecule has 2 aromatic carbocycles. The highest BCUT2D eigenvalue weighted by Crippen LogP contribution is 2.28. The van der Waals surface area contributed by atoms with Crippen LogP contribution < -0.4 is 15.4 Å². The molecule has 0 aliphatic carbocycles. The van der Waals surface area contributed by atoms with Crippen molar-refractivity contribution in [3.63, 3.8) is 0 Å². The first-order valence-electron chi connectivity index (χ1n) is 12.1. The Morgan fingerprint density at radius 1 is 1.08 bits per heavy atom. The molecule has 2 rings (SSSR count). The van der Waals surface area contributed by atoms with Crippen LogP contribution in [0.15, 0.2) is 48.5 Å². The summed E-state index contributed by atoms with van der Waals surface area (Å²) in [7, 11) is 1.41. The lowest BCUT2D eigenvalue weighted by atomic mass is 10.0. The lowest BCUT2D eigenvalue weighted by molar-refractivity contribution is -0.142. The van der Waals surface area contributed by atoms with Crippen LogP contribution in [0.3, 0.4) is 0 Å². The second kappa shape index (κ2) is 14.6. The van der Waals surface area contributed by atoms with E-state index in [2.05, 4.69) is 10.6 Å². The molecule has 0 radical (unpaired) electrons. The fourth-order valence-corrected chi connectivity index (χ4v) is 3.96. The molecule has 2 atom stereocenters. The molecule has 3 amide bonds. The van der Waals surface area contributed by atoms with E-state index < -0.39 is 41.7 Å². The number of hydrogen-bond donors (Lipinski definition) is 3. The molecule has 3 N–H and O–H groups in total. The normalized spacial score (nSPS) is 12.5. The number of amides is 3. The minimum absolute atomic E-state index is 0.00548. The van der Waals surface area contributed by atoms with Crippen molar-refractivity contribution in [3.05, 3.63) is 63.2 Å². The fraction of sp³-hybridized carbons (Fsp3) is 0.407. The smallest absolute Gasteiger partial charge is 0.410 e. The number of halogens is 1. The number of carbonyl (C=O) groups excluding carboxylic acids is 3. The van der Waals surface area contributed by atoms with Gasteiger partial charge in [-0.05, 0) is 73.5 Å². The maximum Gasteiger partial charge on any atom is 0.410 e. The van der Waals surface area contributed by atoms with Gasteiger partial charge in [0.15, 0.2) is 0 Å². The number of nitrogens with zero attached hydrogens (tertiary/aromatic N) is 1. The second-order valence-corrected chi connectivity index (χ2v) is 10.8. The quantitative estimate of drug-likeness (QED) is 0.243. The number of nitrogens with one attached hydrogen (secondary N) is 2. The number of hydrogen-bond acceptors (Lipinski definition) is 7. The highest BCUT2D eigenvalue weighted by atomic mass is 127. The van der Waals surface area contributed by atoms with E-state index in [9.17, 15) is 24.3 Å². The first kappa shape index (κ1) is 31.7. The monoisotopic (exact) mass is 655 g/mol. The van der Waals surface area contributed by atoms with Crippen LogP contribution in [-0.4, -0.2) is 65.9 Å². The van der Waals surface area contributed by atoms with Gasteiger partial charge in [0, 0.05) is 7.05 Å². The Labute approximate surface area is 241 Å². The molecule has 0 spiro atoms. The van der Waals surface area contributed by atoms with Crippen LogP contribution >= 0.6 is 22.6 Å². The van der Waals surface area contributed by atoms with Crippen LogP contribution in [-0.2, 0) is 25.7 Å². The molecule has 0 unspecified atom stereocenters. The third kappa shape index (κ3) is 10.6. The van der Waals surface area contributed by atoms with Crippen molar-refractivity contribution < 1.29 is 38.5 Å². The van der Waals surface area contributed by atoms with Gasteiger partial charge in [0.2, 0.25) is 5.91 Å². The molecule has 0 fully saturated rings. The number of alkyl carbamates (subject to hydrolysis) is 1. The summed E-state index contributed by atoms with van der Waals surface area (Å²) in [5, 5.41) is 14.3. The van der Waals surface area contributed by atoms with Crippen LogP contribution in [0.4, 0.5) is 9.59 Å². The summed E-state index contributed by atoms with van der Waals surface area (Å²) in [6, 6.07) is 11.6. The van der Waals surface area contributed by atoms with Gasteiger partial charge in [-0.15, -0.1) is 0 Å². The second-order valence-electron chi connectivity index (χ2n) is 9.59. The Kier molecular flexibility index (Phi) is 11.8. The Bertz CT molecular complexity index is 1150. The number of carboxylic acid groups (broad SMARTS) is 1. The van der Waals surface area contributed by atoms with Gasteiger partial charge >= 0.3 is 18.2 Å². The Balaban J connectivity index is 2.14. The molecule has 0 saturated carbocycles. The zero-order chi connectivity index (χ0) is 29.2. The third-order valence-electron chi connectivity index (χ3n) is 5.16. The third-order valence-corrected chi connectivity index (χ3v) is 6.00. The Morgan fingerprint density at radius 2 is 1.74 bits per heavy atom. The van der Waals surface area contributed by atoms with E-state index in [1.165, 1.54) is 14.0 Å². The van der Waals surface area contributed by atoms with Crippen molar-refractivity contribution in [1.82, 2.24) is 15.5 Å². The first-order chi connectivity index (χ1) is 18.3. The van der Waals surface area contributed by atoms with E-state index in [4.69, 9.17) is 14.2 Å². The molecule has 0 aromatic heterocycles. The average molecular weight is 655 g/mol. The van der Waals surface area contributed by atoms with E-state index in [1.807, 2.05) is 40.8 Å². The van der Waals surface area contributed by atoms with Gasteiger partial charge in [0.25, 0.3) is 0 Å². The van der Waals surface area contributed by atoms with Crippen LogP contribution in [0, 0.1) is 3.57 Å².